The first kappa shape index (κ1) is 10.6. The van der Waals surface area contributed by atoms with Crippen molar-refractivity contribution in [2.75, 3.05) is 0 Å². The smallest absolute Gasteiger partial charge is 0.221 e. The lowest BCUT2D eigenvalue weighted by atomic mass is 10.2. The number of carbonyl (C=O) groups is 1. The highest BCUT2D eigenvalue weighted by Gasteiger charge is 2.12. The summed E-state index contributed by atoms with van der Waals surface area (Å²) in [5.74, 6) is -0.136. The minimum absolute atomic E-state index is 0.136. The van der Waals surface area contributed by atoms with Gasteiger partial charge in [-0.1, -0.05) is 23.2 Å². The lowest BCUT2D eigenvalue weighted by Crippen LogP contribution is -2.00. The van der Waals surface area contributed by atoms with E-state index in [9.17, 15) is 4.79 Å². The molecule has 0 saturated heterocycles. The number of carbonyl (C=O) groups excluding carboxylic acids is 1. The second-order valence-electron chi connectivity index (χ2n) is 2.79. The molecule has 0 amide bonds. The number of pyridine rings is 1. The highest BCUT2D eigenvalue weighted by Crippen LogP contribution is 2.23. The van der Waals surface area contributed by atoms with E-state index in [1.54, 1.807) is 24.3 Å². The lowest BCUT2D eigenvalue weighted by Gasteiger charge is -1.96. The molecular weight excluding hydrogens is 253 g/mol. The van der Waals surface area contributed by atoms with E-state index in [1.807, 2.05) is 0 Å². The molecule has 2 heterocycles. The molecular formula is C10H5Cl2NOS. The minimum atomic E-state index is -0.136. The number of aromatic nitrogens is 1. The van der Waals surface area contributed by atoms with E-state index in [-0.39, 0.29) is 5.78 Å². The molecule has 15 heavy (non-hydrogen) atoms. The number of ketones is 1. The Hall–Kier alpha value is -0.900. The van der Waals surface area contributed by atoms with Crippen molar-refractivity contribution in [3.05, 3.63) is 50.4 Å². The monoisotopic (exact) mass is 257 g/mol. The van der Waals surface area contributed by atoms with Crippen LogP contribution in [0.3, 0.4) is 0 Å². The molecule has 5 heteroatoms. The van der Waals surface area contributed by atoms with Crippen molar-refractivity contribution < 1.29 is 4.79 Å². The molecule has 0 unspecified atom stereocenters. The Kier molecular flexibility index (Phi) is 3.05. The van der Waals surface area contributed by atoms with Gasteiger partial charge in [0, 0.05) is 6.20 Å². The summed E-state index contributed by atoms with van der Waals surface area (Å²) in [6.45, 7) is 0. The van der Waals surface area contributed by atoms with Crippen LogP contribution in [-0.2, 0) is 0 Å². The maximum Gasteiger partial charge on any atom is 0.221 e. The third-order valence-corrected chi connectivity index (χ3v) is 3.21. The van der Waals surface area contributed by atoms with Crippen molar-refractivity contribution in [3.8, 4) is 0 Å². The van der Waals surface area contributed by atoms with Crippen LogP contribution >= 0.6 is 34.5 Å². The van der Waals surface area contributed by atoms with E-state index in [1.165, 1.54) is 17.5 Å². The van der Waals surface area contributed by atoms with E-state index < -0.39 is 0 Å². The normalized spacial score (nSPS) is 10.3. The maximum atomic E-state index is 11.8. The standard InChI is InChI=1S/C10H5Cl2NOS/c11-6-1-2-7(13-5-6)10(14)8-3-4-9(12)15-8/h1-5H. The zero-order valence-electron chi connectivity index (χ0n) is 7.41. The molecule has 2 rings (SSSR count). The zero-order chi connectivity index (χ0) is 10.8. The quantitative estimate of drug-likeness (QED) is 0.769. The molecule has 0 aromatic carbocycles. The van der Waals surface area contributed by atoms with Crippen LogP contribution < -0.4 is 0 Å². The van der Waals surface area contributed by atoms with Crippen molar-refractivity contribution in [3.63, 3.8) is 0 Å². The van der Waals surface area contributed by atoms with Gasteiger partial charge in [0.05, 0.1) is 14.2 Å². The van der Waals surface area contributed by atoms with Gasteiger partial charge in [0.25, 0.3) is 0 Å². The molecule has 0 aliphatic rings. The van der Waals surface area contributed by atoms with Crippen molar-refractivity contribution in [1.29, 1.82) is 0 Å². The molecule has 0 spiro atoms. The summed E-state index contributed by atoms with van der Waals surface area (Å²) in [5, 5.41) is 0.510. The third kappa shape index (κ3) is 2.37. The SMILES string of the molecule is O=C(c1ccc(Cl)cn1)c1ccc(Cl)s1. The largest absolute Gasteiger partial charge is 0.286 e. The Labute approximate surface area is 100 Å². The van der Waals surface area contributed by atoms with Crippen molar-refractivity contribution >= 4 is 40.3 Å². The van der Waals surface area contributed by atoms with E-state index in [4.69, 9.17) is 23.2 Å². The average Bonchev–Trinajstić information content (AvgIpc) is 2.65. The Morgan fingerprint density at radius 2 is 2.00 bits per heavy atom. The summed E-state index contributed by atoms with van der Waals surface area (Å²) in [4.78, 5) is 16.3. The predicted octanol–water partition coefficient (Wildman–Crippen LogP) is 3.68. The van der Waals surface area contributed by atoms with Crippen LogP contribution in [0, 0.1) is 0 Å². The first-order valence-corrected chi connectivity index (χ1v) is 5.65. The summed E-state index contributed by atoms with van der Waals surface area (Å²) in [5.41, 5.74) is 0.373. The molecule has 0 radical (unpaired) electrons. The van der Waals surface area contributed by atoms with Crippen molar-refractivity contribution in [2.45, 2.75) is 0 Å². The fraction of sp³-hybridized carbons (Fsp3) is 0. The molecule has 0 atom stereocenters. The molecule has 76 valence electrons. The number of nitrogens with zero attached hydrogens (tertiary/aromatic N) is 1. The summed E-state index contributed by atoms with van der Waals surface area (Å²) >= 11 is 12.7. The highest BCUT2D eigenvalue weighted by molar-refractivity contribution is 7.18. The van der Waals surface area contributed by atoms with Gasteiger partial charge in [-0.15, -0.1) is 11.3 Å². The fourth-order valence-electron chi connectivity index (χ4n) is 1.07. The number of thiophene rings is 1. The van der Waals surface area contributed by atoms with Gasteiger partial charge in [-0.2, -0.15) is 0 Å². The van der Waals surface area contributed by atoms with Crippen LogP contribution in [0.15, 0.2) is 30.5 Å². The third-order valence-electron chi connectivity index (χ3n) is 1.76. The van der Waals surface area contributed by atoms with Gasteiger partial charge >= 0.3 is 0 Å². The van der Waals surface area contributed by atoms with Crippen molar-refractivity contribution in [2.24, 2.45) is 0 Å². The Morgan fingerprint density at radius 1 is 1.20 bits per heavy atom. The van der Waals surface area contributed by atoms with Crippen LogP contribution in [0.5, 0.6) is 0 Å². The summed E-state index contributed by atoms with van der Waals surface area (Å²) in [7, 11) is 0. The molecule has 0 fully saturated rings. The van der Waals surface area contributed by atoms with Gasteiger partial charge in [-0.25, -0.2) is 0 Å². The van der Waals surface area contributed by atoms with Crippen LogP contribution in [0.1, 0.15) is 15.4 Å². The lowest BCUT2D eigenvalue weighted by molar-refractivity contribution is 0.103. The number of halogens is 2. The van der Waals surface area contributed by atoms with Crippen LogP contribution in [0.4, 0.5) is 0 Å². The second kappa shape index (κ2) is 4.31. The van der Waals surface area contributed by atoms with Crippen LogP contribution in [-0.4, -0.2) is 10.8 Å². The van der Waals surface area contributed by atoms with E-state index in [0.717, 1.165) is 0 Å². The second-order valence-corrected chi connectivity index (χ2v) is 4.95. The number of hydrogen-bond donors (Lipinski definition) is 0. The molecule has 2 aromatic heterocycles. The van der Waals surface area contributed by atoms with Gasteiger partial charge < -0.3 is 0 Å². The molecule has 2 nitrogen and oxygen atoms in total. The average molecular weight is 258 g/mol. The Balaban J connectivity index is 2.32. The van der Waals surface area contributed by atoms with E-state index >= 15 is 0 Å². The summed E-state index contributed by atoms with van der Waals surface area (Å²) < 4.78 is 0.590. The van der Waals surface area contributed by atoms with Gasteiger partial charge in [0.1, 0.15) is 5.69 Å². The van der Waals surface area contributed by atoms with Gasteiger partial charge in [-0.3, -0.25) is 9.78 Å². The van der Waals surface area contributed by atoms with Crippen molar-refractivity contribution in [1.82, 2.24) is 4.98 Å². The first-order valence-electron chi connectivity index (χ1n) is 4.08. The summed E-state index contributed by atoms with van der Waals surface area (Å²) in [6, 6.07) is 6.61. The maximum absolute atomic E-state index is 11.8. The predicted molar refractivity (Wildman–Crippen MR) is 62.0 cm³/mol. The summed E-state index contributed by atoms with van der Waals surface area (Å²) in [6.07, 6.45) is 1.45. The molecule has 0 bridgehead atoms. The zero-order valence-corrected chi connectivity index (χ0v) is 9.73. The fourth-order valence-corrected chi connectivity index (χ4v) is 2.18. The number of hydrogen-bond acceptors (Lipinski definition) is 3. The first-order chi connectivity index (χ1) is 7.16. The van der Waals surface area contributed by atoms with E-state index in [2.05, 4.69) is 4.98 Å². The highest BCUT2D eigenvalue weighted by atomic mass is 35.5. The molecule has 0 N–H and O–H groups in total. The molecule has 0 saturated carbocycles. The van der Waals surface area contributed by atoms with Crippen LogP contribution in [0.25, 0.3) is 0 Å². The number of rotatable bonds is 2. The topological polar surface area (TPSA) is 30.0 Å². The van der Waals surface area contributed by atoms with Gasteiger partial charge in [-0.05, 0) is 24.3 Å². The molecule has 0 aliphatic heterocycles. The Morgan fingerprint density at radius 3 is 2.53 bits per heavy atom. The van der Waals surface area contributed by atoms with E-state index in [0.29, 0.717) is 19.9 Å². The van der Waals surface area contributed by atoms with Crippen LogP contribution in [0.2, 0.25) is 9.36 Å². The van der Waals surface area contributed by atoms with Gasteiger partial charge in [0.2, 0.25) is 5.78 Å². The molecule has 0 aliphatic carbocycles. The molecule has 2 aromatic rings. The minimum Gasteiger partial charge on any atom is -0.286 e. The Bertz CT molecular complexity index is 492. The van der Waals surface area contributed by atoms with Gasteiger partial charge in [0.15, 0.2) is 0 Å².